The Bertz CT molecular complexity index is 740. The van der Waals surface area contributed by atoms with Crippen LogP contribution >= 0.6 is 0 Å². The molecule has 0 aliphatic heterocycles. The quantitative estimate of drug-likeness (QED) is 0.720. The predicted octanol–water partition coefficient (Wildman–Crippen LogP) is 4.22. The van der Waals surface area contributed by atoms with Crippen molar-refractivity contribution in [3.8, 4) is 5.75 Å². The number of hydrogen-bond donors (Lipinski definition) is 1. The van der Waals surface area contributed by atoms with Gasteiger partial charge in [0.1, 0.15) is 5.75 Å². The van der Waals surface area contributed by atoms with Crippen LogP contribution in [0.2, 0.25) is 0 Å². The zero-order valence-corrected chi connectivity index (χ0v) is 15.5. The highest BCUT2D eigenvalue weighted by Crippen LogP contribution is 2.18. The maximum Gasteiger partial charge on any atom is 0.340 e. The lowest BCUT2D eigenvalue weighted by Crippen LogP contribution is -2.30. The van der Waals surface area contributed by atoms with Crippen LogP contribution < -0.4 is 10.1 Å². The zero-order valence-electron chi connectivity index (χ0n) is 15.5. The first kappa shape index (κ1) is 19.5. The number of nitrogens with one attached hydrogen (secondary N) is 1. The molecule has 5 heteroatoms. The van der Waals surface area contributed by atoms with Gasteiger partial charge in [-0.2, -0.15) is 0 Å². The molecule has 2 rings (SSSR count). The van der Waals surface area contributed by atoms with Crippen molar-refractivity contribution < 1.29 is 19.1 Å². The largest absolute Gasteiger partial charge is 0.481 e. The fourth-order valence-corrected chi connectivity index (χ4v) is 2.49. The van der Waals surface area contributed by atoms with Gasteiger partial charge < -0.3 is 14.8 Å². The maximum absolute atomic E-state index is 12.4. The van der Waals surface area contributed by atoms with E-state index in [4.69, 9.17) is 9.47 Å². The Balaban J connectivity index is 2.02. The number of amides is 1. The van der Waals surface area contributed by atoms with Crippen molar-refractivity contribution in [1.82, 2.24) is 0 Å². The van der Waals surface area contributed by atoms with E-state index in [1.807, 2.05) is 24.3 Å². The summed E-state index contributed by atoms with van der Waals surface area (Å²) in [5.74, 6) is -0.172. The molecule has 1 amide bonds. The van der Waals surface area contributed by atoms with Gasteiger partial charge in [0.25, 0.3) is 5.91 Å². The monoisotopic (exact) mass is 355 g/mol. The number of hydrogen-bond acceptors (Lipinski definition) is 4. The Kier molecular flexibility index (Phi) is 7.21. The molecule has 138 valence electrons. The number of carbonyl (C=O) groups is 2. The van der Waals surface area contributed by atoms with Gasteiger partial charge in [-0.1, -0.05) is 37.6 Å². The van der Waals surface area contributed by atoms with Crippen molar-refractivity contribution >= 4 is 17.6 Å². The van der Waals surface area contributed by atoms with Crippen molar-refractivity contribution in [3.05, 3.63) is 59.7 Å². The number of ether oxygens (including phenoxy) is 2. The van der Waals surface area contributed by atoms with Crippen LogP contribution in [0.4, 0.5) is 5.69 Å². The summed E-state index contributed by atoms with van der Waals surface area (Å²) in [7, 11) is 0. The summed E-state index contributed by atoms with van der Waals surface area (Å²) in [5, 5.41) is 2.74. The second-order valence-corrected chi connectivity index (χ2v) is 5.91. The third kappa shape index (κ3) is 5.34. The van der Waals surface area contributed by atoms with Crippen LogP contribution in [0.5, 0.6) is 5.75 Å². The molecule has 1 N–H and O–H groups in total. The average molecular weight is 355 g/mol. The number of benzene rings is 2. The molecule has 0 aromatic heterocycles. The van der Waals surface area contributed by atoms with E-state index in [0.717, 1.165) is 12.8 Å². The molecule has 2 aromatic rings. The van der Waals surface area contributed by atoms with Gasteiger partial charge in [-0.25, -0.2) is 4.79 Å². The topological polar surface area (TPSA) is 64.6 Å². The van der Waals surface area contributed by atoms with Crippen LogP contribution in [0.3, 0.4) is 0 Å². The van der Waals surface area contributed by atoms with Crippen molar-refractivity contribution in [3.63, 3.8) is 0 Å². The van der Waals surface area contributed by atoms with E-state index < -0.39 is 12.1 Å². The van der Waals surface area contributed by atoms with Crippen molar-refractivity contribution in [2.75, 3.05) is 11.9 Å². The van der Waals surface area contributed by atoms with Gasteiger partial charge in [-0.05, 0) is 50.1 Å². The van der Waals surface area contributed by atoms with E-state index in [2.05, 4.69) is 12.2 Å². The Morgan fingerprint density at radius 3 is 2.38 bits per heavy atom. The van der Waals surface area contributed by atoms with E-state index >= 15 is 0 Å². The fourth-order valence-electron chi connectivity index (χ4n) is 2.49. The molecule has 0 fully saturated rings. The Hall–Kier alpha value is -2.82. The highest BCUT2D eigenvalue weighted by molar-refractivity contribution is 6.02. The number of rotatable bonds is 8. The molecule has 0 radical (unpaired) electrons. The third-order valence-electron chi connectivity index (χ3n) is 3.82. The van der Waals surface area contributed by atoms with E-state index in [1.165, 1.54) is 5.56 Å². The Labute approximate surface area is 154 Å². The summed E-state index contributed by atoms with van der Waals surface area (Å²) < 4.78 is 10.7. The fraction of sp³-hybridized carbons (Fsp3) is 0.333. The van der Waals surface area contributed by atoms with Crippen molar-refractivity contribution in [1.29, 1.82) is 0 Å². The van der Waals surface area contributed by atoms with Crippen molar-refractivity contribution in [2.24, 2.45) is 0 Å². The van der Waals surface area contributed by atoms with E-state index in [0.29, 0.717) is 17.0 Å². The molecule has 26 heavy (non-hydrogen) atoms. The van der Waals surface area contributed by atoms with Gasteiger partial charge in [-0.15, -0.1) is 0 Å². The molecule has 1 unspecified atom stereocenters. The van der Waals surface area contributed by atoms with Gasteiger partial charge in [0, 0.05) is 0 Å². The molecule has 2 aromatic carbocycles. The summed E-state index contributed by atoms with van der Waals surface area (Å²) in [4.78, 5) is 24.4. The summed E-state index contributed by atoms with van der Waals surface area (Å²) in [6.45, 7) is 5.81. The summed E-state index contributed by atoms with van der Waals surface area (Å²) >= 11 is 0. The SMILES string of the molecule is CCCc1ccc(OC(C)C(=O)Nc2ccccc2C(=O)OCC)cc1. The number of para-hydroxylation sites is 1. The molecule has 0 aliphatic rings. The van der Waals surface area contributed by atoms with Gasteiger partial charge in [0.05, 0.1) is 17.9 Å². The molecular weight excluding hydrogens is 330 g/mol. The minimum absolute atomic E-state index is 0.272. The Morgan fingerprint density at radius 2 is 1.73 bits per heavy atom. The highest BCUT2D eigenvalue weighted by Gasteiger charge is 2.19. The minimum atomic E-state index is -0.706. The highest BCUT2D eigenvalue weighted by atomic mass is 16.5. The molecule has 1 atom stereocenters. The third-order valence-corrected chi connectivity index (χ3v) is 3.82. The first-order valence-electron chi connectivity index (χ1n) is 8.87. The number of esters is 1. The predicted molar refractivity (Wildman–Crippen MR) is 102 cm³/mol. The summed E-state index contributed by atoms with van der Waals surface area (Å²) in [6, 6.07) is 14.5. The zero-order chi connectivity index (χ0) is 18.9. The van der Waals surface area contributed by atoms with Gasteiger partial charge in [0.2, 0.25) is 0 Å². The van der Waals surface area contributed by atoms with Crippen LogP contribution in [0.25, 0.3) is 0 Å². The average Bonchev–Trinajstić information content (AvgIpc) is 2.64. The van der Waals surface area contributed by atoms with Gasteiger partial charge in [-0.3, -0.25) is 4.79 Å². The van der Waals surface area contributed by atoms with Crippen LogP contribution in [0, 0.1) is 0 Å². The lowest BCUT2D eigenvalue weighted by Gasteiger charge is -2.16. The number of carbonyl (C=O) groups excluding carboxylic acids is 2. The second-order valence-electron chi connectivity index (χ2n) is 5.91. The minimum Gasteiger partial charge on any atom is -0.481 e. The molecule has 0 spiro atoms. The standard InChI is InChI=1S/C21H25NO4/c1-4-8-16-11-13-17(14-12-16)26-15(3)20(23)22-19-10-7-6-9-18(19)21(24)25-5-2/h6-7,9-15H,4-5,8H2,1-3H3,(H,22,23). The molecule has 5 nitrogen and oxygen atoms in total. The van der Waals surface area contributed by atoms with Crippen LogP contribution in [-0.2, 0) is 16.0 Å². The van der Waals surface area contributed by atoms with E-state index in [1.54, 1.807) is 38.1 Å². The van der Waals surface area contributed by atoms with Gasteiger partial charge >= 0.3 is 5.97 Å². The van der Waals surface area contributed by atoms with E-state index in [-0.39, 0.29) is 12.5 Å². The molecule has 0 saturated carbocycles. The first-order chi connectivity index (χ1) is 12.5. The molecule has 0 bridgehead atoms. The molecule has 0 heterocycles. The second kappa shape index (κ2) is 9.61. The Morgan fingerprint density at radius 1 is 1.04 bits per heavy atom. The summed E-state index contributed by atoms with van der Waals surface area (Å²) in [6.07, 6.45) is 1.39. The summed E-state index contributed by atoms with van der Waals surface area (Å²) in [5.41, 5.74) is 1.96. The lowest BCUT2D eigenvalue weighted by molar-refractivity contribution is -0.122. The van der Waals surface area contributed by atoms with Crippen LogP contribution in [-0.4, -0.2) is 24.6 Å². The molecular formula is C21H25NO4. The van der Waals surface area contributed by atoms with Crippen LogP contribution in [0.1, 0.15) is 43.1 Å². The molecule has 0 saturated heterocycles. The molecule has 0 aliphatic carbocycles. The van der Waals surface area contributed by atoms with Gasteiger partial charge in [0.15, 0.2) is 6.10 Å². The van der Waals surface area contributed by atoms with Crippen LogP contribution in [0.15, 0.2) is 48.5 Å². The number of anilines is 1. The first-order valence-corrected chi connectivity index (χ1v) is 8.87. The smallest absolute Gasteiger partial charge is 0.340 e. The maximum atomic E-state index is 12.4. The normalized spacial score (nSPS) is 11.5. The number of aryl methyl sites for hydroxylation is 1. The lowest BCUT2D eigenvalue weighted by atomic mass is 10.1. The van der Waals surface area contributed by atoms with Crippen molar-refractivity contribution in [2.45, 2.75) is 39.7 Å². The van der Waals surface area contributed by atoms with E-state index in [9.17, 15) is 9.59 Å².